The Morgan fingerprint density at radius 1 is 1.53 bits per heavy atom. The molecule has 0 saturated carbocycles. The van der Waals surface area contributed by atoms with Gasteiger partial charge in [0.2, 0.25) is 0 Å². The molecule has 0 aromatic carbocycles. The molecule has 0 aliphatic heterocycles. The van der Waals surface area contributed by atoms with Gasteiger partial charge in [-0.1, -0.05) is 0 Å². The van der Waals surface area contributed by atoms with Crippen LogP contribution in [-0.4, -0.2) is 18.5 Å². The van der Waals surface area contributed by atoms with Crippen molar-refractivity contribution in [3.05, 3.63) is 20.5 Å². The van der Waals surface area contributed by atoms with Crippen LogP contribution in [0.3, 0.4) is 0 Å². The van der Waals surface area contributed by atoms with E-state index in [-0.39, 0.29) is 9.35 Å². The normalized spacial score (nSPS) is 9.13. The van der Waals surface area contributed by atoms with Crippen LogP contribution in [0, 0.1) is 5.82 Å². The second-order valence-corrected chi connectivity index (χ2v) is 4.01. The SMILES string of the molecule is CC(=O)CF.O=C(F)c1scc(F)c1Br. The van der Waals surface area contributed by atoms with E-state index in [1.54, 1.807) is 0 Å². The molecule has 84 valence electrons. The Morgan fingerprint density at radius 3 is 2.13 bits per heavy atom. The standard InChI is InChI=1S/C5HBrF2OS.C3H5FO/c6-3-2(7)1-10-4(3)5(8)9;1-3(5)2-4/h1H;2H2,1H3. The highest BCUT2D eigenvalue weighted by Crippen LogP contribution is 2.27. The van der Waals surface area contributed by atoms with Gasteiger partial charge in [-0.05, 0) is 22.9 Å². The molecule has 1 rings (SSSR count). The van der Waals surface area contributed by atoms with Crippen LogP contribution in [0.25, 0.3) is 0 Å². The Kier molecular flexibility index (Phi) is 6.42. The van der Waals surface area contributed by atoms with E-state index >= 15 is 0 Å². The molecule has 0 spiro atoms. The van der Waals surface area contributed by atoms with Gasteiger partial charge in [-0.25, -0.2) is 8.78 Å². The first-order valence-corrected chi connectivity index (χ1v) is 5.25. The van der Waals surface area contributed by atoms with Gasteiger partial charge in [0.25, 0.3) is 0 Å². The van der Waals surface area contributed by atoms with Crippen molar-refractivity contribution >= 4 is 39.1 Å². The van der Waals surface area contributed by atoms with Crippen LogP contribution in [0.2, 0.25) is 0 Å². The zero-order chi connectivity index (χ0) is 12.0. The van der Waals surface area contributed by atoms with Crippen molar-refractivity contribution in [2.75, 3.05) is 6.67 Å². The Hall–Kier alpha value is -0.690. The van der Waals surface area contributed by atoms with Crippen LogP contribution in [0.1, 0.15) is 16.6 Å². The number of hydrogen-bond donors (Lipinski definition) is 0. The average molecular weight is 303 g/mol. The maximum absolute atomic E-state index is 12.3. The van der Waals surface area contributed by atoms with Crippen LogP contribution in [-0.2, 0) is 4.79 Å². The molecule has 1 aromatic heterocycles. The van der Waals surface area contributed by atoms with Crippen molar-refractivity contribution in [1.29, 1.82) is 0 Å². The lowest BCUT2D eigenvalue weighted by Gasteiger charge is -1.83. The van der Waals surface area contributed by atoms with Crippen molar-refractivity contribution in [3.8, 4) is 0 Å². The zero-order valence-corrected chi connectivity index (χ0v) is 9.92. The Morgan fingerprint density at radius 2 is 2.00 bits per heavy atom. The number of Topliss-reactive ketones (excluding diaryl/α,β-unsaturated/α-hetero) is 1. The Balaban J connectivity index is 0.000000336. The summed E-state index contributed by atoms with van der Waals surface area (Å²) in [6.07, 6.45) is 0. The number of alkyl halides is 1. The molecule has 1 aromatic rings. The second kappa shape index (κ2) is 6.73. The van der Waals surface area contributed by atoms with Gasteiger partial charge >= 0.3 is 6.04 Å². The maximum atomic E-state index is 12.3. The average Bonchev–Trinajstić information content (AvgIpc) is 2.48. The fourth-order valence-corrected chi connectivity index (χ4v) is 1.79. The fourth-order valence-electron chi connectivity index (χ4n) is 0.455. The molecule has 15 heavy (non-hydrogen) atoms. The van der Waals surface area contributed by atoms with E-state index in [2.05, 4.69) is 15.9 Å². The van der Waals surface area contributed by atoms with E-state index in [9.17, 15) is 22.8 Å². The topological polar surface area (TPSA) is 34.1 Å². The number of rotatable bonds is 2. The third-order valence-corrected chi connectivity index (χ3v) is 3.02. The molecule has 1 heterocycles. The Labute approximate surface area is 96.2 Å². The highest BCUT2D eigenvalue weighted by atomic mass is 79.9. The zero-order valence-electron chi connectivity index (χ0n) is 7.52. The van der Waals surface area contributed by atoms with Crippen LogP contribution in [0.4, 0.5) is 13.2 Å². The van der Waals surface area contributed by atoms with Crippen LogP contribution in [0.15, 0.2) is 9.85 Å². The number of carbonyl (C=O) groups excluding carboxylic acids is 2. The summed E-state index contributed by atoms with van der Waals surface area (Å²) in [5.74, 6) is -1.02. The minimum atomic E-state index is -1.61. The molecule has 0 fully saturated rings. The van der Waals surface area contributed by atoms with Crippen molar-refractivity contribution < 1.29 is 22.8 Å². The van der Waals surface area contributed by atoms with E-state index < -0.39 is 24.3 Å². The molecule has 0 radical (unpaired) electrons. The third kappa shape index (κ3) is 5.08. The fraction of sp³-hybridized carbons (Fsp3) is 0.250. The molecule has 0 bridgehead atoms. The van der Waals surface area contributed by atoms with E-state index in [1.165, 1.54) is 6.92 Å². The Bertz CT molecular complexity index is 365. The quantitative estimate of drug-likeness (QED) is 0.786. The molecule has 0 N–H and O–H groups in total. The maximum Gasteiger partial charge on any atom is 0.343 e. The number of carbonyl (C=O) groups is 2. The molecule has 0 atom stereocenters. The van der Waals surface area contributed by atoms with Gasteiger partial charge in [-0.15, -0.1) is 11.3 Å². The molecule has 2 nitrogen and oxygen atoms in total. The summed E-state index contributed by atoms with van der Waals surface area (Å²) in [6.45, 7) is 0.375. The first kappa shape index (κ1) is 14.3. The number of hydrogen-bond acceptors (Lipinski definition) is 3. The lowest BCUT2D eigenvalue weighted by molar-refractivity contribution is -0.117. The van der Waals surface area contributed by atoms with Crippen molar-refractivity contribution in [2.45, 2.75) is 6.92 Å². The molecule has 0 aliphatic rings. The smallest absolute Gasteiger partial charge is 0.297 e. The van der Waals surface area contributed by atoms with Crippen molar-refractivity contribution in [1.82, 2.24) is 0 Å². The summed E-state index contributed by atoms with van der Waals surface area (Å²) in [4.78, 5) is 19.2. The van der Waals surface area contributed by atoms with Crippen LogP contribution >= 0.6 is 27.3 Å². The van der Waals surface area contributed by atoms with Crippen molar-refractivity contribution in [3.63, 3.8) is 0 Å². The van der Waals surface area contributed by atoms with Gasteiger partial charge in [0, 0.05) is 5.38 Å². The molecule has 7 heteroatoms. The first-order chi connectivity index (χ1) is 6.90. The van der Waals surface area contributed by atoms with Crippen LogP contribution in [0.5, 0.6) is 0 Å². The van der Waals surface area contributed by atoms with Gasteiger partial charge in [0.05, 0.1) is 4.47 Å². The molecule has 0 amide bonds. The number of halogens is 4. The van der Waals surface area contributed by atoms with Gasteiger partial charge in [0.15, 0.2) is 5.78 Å². The van der Waals surface area contributed by atoms with Gasteiger partial charge in [-0.3, -0.25) is 9.59 Å². The molecule has 0 saturated heterocycles. The molecule has 0 unspecified atom stereocenters. The highest BCUT2D eigenvalue weighted by Gasteiger charge is 2.14. The predicted molar refractivity (Wildman–Crippen MR) is 54.1 cm³/mol. The molecular formula is C8H6BrF3O2S. The molecular weight excluding hydrogens is 297 g/mol. The van der Waals surface area contributed by atoms with Crippen molar-refractivity contribution in [2.24, 2.45) is 0 Å². The summed E-state index contributed by atoms with van der Waals surface area (Å²) in [5.41, 5.74) is 0. The minimum absolute atomic E-state index is 0.0926. The monoisotopic (exact) mass is 302 g/mol. The summed E-state index contributed by atoms with van der Waals surface area (Å²) in [6, 6.07) is -1.61. The predicted octanol–water partition coefficient (Wildman–Crippen LogP) is 3.30. The molecule has 0 aliphatic carbocycles. The van der Waals surface area contributed by atoms with Gasteiger partial charge in [0.1, 0.15) is 17.4 Å². The van der Waals surface area contributed by atoms with Crippen LogP contribution < -0.4 is 0 Å². The summed E-state index contributed by atoms with van der Waals surface area (Å²) >= 11 is 3.46. The lowest BCUT2D eigenvalue weighted by atomic mass is 10.5. The minimum Gasteiger partial charge on any atom is -0.297 e. The van der Waals surface area contributed by atoms with Gasteiger partial charge < -0.3 is 0 Å². The lowest BCUT2D eigenvalue weighted by Crippen LogP contribution is -1.87. The van der Waals surface area contributed by atoms with E-state index in [0.29, 0.717) is 0 Å². The number of thiophene rings is 1. The highest BCUT2D eigenvalue weighted by molar-refractivity contribution is 9.10. The first-order valence-electron chi connectivity index (χ1n) is 3.57. The second-order valence-electron chi connectivity index (χ2n) is 2.34. The summed E-state index contributed by atoms with van der Waals surface area (Å²) in [7, 11) is 0. The van der Waals surface area contributed by atoms with E-state index in [4.69, 9.17) is 0 Å². The summed E-state index contributed by atoms with van der Waals surface area (Å²) in [5, 5.41) is 1.07. The largest absolute Gasteiger partial charge is 0.343 e. The van der Waals surface area contributed by atoms with E-state index in [0.717, 1.165) is 16.7 Å². The number of ketones is 1. The third-order valence-electron chi connectivity index (χ3n) is 1.06. The van der Waals surface area contributed by atoms with E-state index in [1.807, 2.05) is 0 Å². The van der Waals surface area contributed by atoms with Gasteiger partial charge in [-0.2, -0.15) is 4.39 Å². The summed E-state index contributed by atoms with van der Waals surface area (Å²) < 4.78 is 34.9.